The second-order valence-corrected chi connectivity index (χ2v) is 6.64. The molecule has 3 rings (SSSR count). The Kier molecular flexibility index (Phi) is 4.67. The van der Waals surface area contributed by atoms with Crippen molar-refractivity contribution in [3.8, 4) is 5.75 Å². The lowest BCUT2D eigenvalue weighted by molar-refractivity contribution is -0.141. The normalized spacial score (nSPS) is 23.2. The molecular weight excluding hydrogens is 276 g/mol. The molecule has 0 spiro atoms. The van der Waals surface area contributed by atoms with E-state index in [0.717, 1.165) is 37.4 Å². The summed E-state index contributed by atoms with van der Waals surface area (Å²) in [6.45, 7) is 4.63. The Hall–Kier alpha value is -1.55. The third-order valence-electron chi connectivity index (χ3n) is 4.92. The maximum Gasteiger partial charge on any atom is 0.224 e. The predicted octanol–water partition coefficient (Wildman–Crippen LogP) is 2.46. The number of benzene rings is 1. The molecule has 4 heteroatoms. The number of aryl methyl sites for hydroxylation is 1. The second kappa shape index (κ2) is 6.69. The van der Waals surface area contributed by atoms with Gasteiger partial charge >= 0.3 is 0 Å². The molecule has 22 heavy (non-hydrogen) atoms. The summed E-state index contributed by atoms with van der Waals surface area (Å²) in [4.78, 5) is 16.6. The van der Waals surface area contributed by atoms with Crippen molar-refractivity contribution in [1.29, 1.82) is 0 Å². The number of hydrogen-bond donors (Lipinski definition) is 0. The van der Waals surface area contributed by atoms with Crippen molar-refractivity contribution in [3.63, 3.8) is 0 Å². The van der Waals surface area contributed by atoms with E-state index < -0.39 is 0 Å². The van der Waals surface area contributed by atoms with Gasteiger partial charge in [-0.1, -0.05) is 24.6 Å². The van der Waals surface area contributed by atoms with Crippen molar-refractivity contribution in [2.24, 2.45) is 0 Å². The second-order valence-electron chi connectivity index (χ2n) is 6.64. The molecule has 1 aromatic carbocycles. The first-order valence-electron chi connectivity index (χ1n) is 8.34. The van der Waals surface area contributed by atoms with Gasteiger partial charge in [0.1, 0.15) is 11.9 Å². The van der Waals surface area contributed by atoms with E-state index in [1.807, 2.05) is 23.1 Å². The number of hydrogen-bond acceptors (Lipinski definition) is 3. The van der Waals surface area contributed by atoms with E-state index in [9.17, 15) is 4.79 Å². The summed E-state index contributed by atoms with van der Waals surface area (Å²) in [5.41, 5.74) is 1.15. The van der Waals surface area contributed by atoms with E-state index >= 15 is 0 Å². The molecule has 120 valence electrons. The predicted molar refractivity (Wildman–Crippen MR) is 87.1 cm³/mol. The highest BCUT2D eigenvalue weighted by molar-refractivity contribution is 5.77. The van der Waals surface area contributed by atoms with Crippen LogP contribution in [-0.4, -0.2) is 54.5 Å². The minimum Gasteiger partial charge on any atom is -0.486 e. The van der Waals surface area contributed by atoms with Crippen LogP contribution in [0.2, 0.25) is 0 Å². The summed E-state index contributed by atoms with van der Waals surface area (Å²) >= 11 is 0. The first kappa shape index (κ1) is 15.3. The zero-order chi connectivity index (χ0) is 15.5. The Labute approximate surface area is 133 Å². The summed E-state index contributed by atoms with van der Waals surface area (Å²) in [7, 11) is 2.14. The molecule has 0 radical (unpaired) electrons. The molecule has 1 aromatic rings. The lowest BCUT2D eigenvalue weighted by Crippen LogP contribution is -2.57. The molecule has 2 fully saturated rings. The van der Waals surface area contributed by atoms with Gasteiger partial charge in [0.15, 0.2) is 0 Å². The van der Waals surface area contributed by atoms with E-state index in [0.29, 0.717) is 12.5 Å². The van der Waals surface area contributed by atoms with E-state index in [2.05, 4.69) is 24.9 Å². The van der Waals surface area contributed by atoms with Crippen LogP contribution < -0.4 is 4.74 Å². The van der Waals surface area contributed by atoms with Crippen LogP contribution >= 0.6 is 0 Å². The van der Waals surface area contributed by atoms with Gasteiger partial charge in [0.2, 0.25) is 5.91 Å². The van der Waals surface area contributed by atoms with Crippen molar-refractivity contribution < 1.29 is 9.53 Å². The molecule has 4 nitrogen and oxygen atoms in total. The highest BCUT2D eigenvalue weighted by Gasteiger charge is 2.34. The minimum atomic E-state index is 0.147. The highest BCUT2D eigenvalue weighted by atomic mass is 16.5. The van der Waals surface area contributed by atoms with E-state index in [4.69, 9.17) is 4.74 Å². The van der Waals surface area contributed by atoms with Crippen LogP contribution in [0.1, 0.15) is 31.2 Å². The zero-order valence-corrected chi connectivity index (χ0v) is 13.6. The van der Waals surface area contributed by atoms with Gasteiger partial charge in [-0.2, -0.15) is 0 Å². The van der Waals surface area contributed by atoms with Gasteiger partial charge in [-0.15, -0.1) is 0 Å². The third-order valence-corrected chi connectivity index (χ3v) is 4.92. The van der Waals surface area contributed by atoms with Crippen LogP contribution in [0, 0.1) is 6.92 Å². The van der Waals surface area contributed by atoms with Gasteiger partial charge < -0.3 is 14.5 Å². The van der Waals surface area contributed by atoms with E-state index in [-0.39, 0.29) is 12.0 Å². The first-order chi connectivity index (χ1) is 10.6. The number of carbonyl (C=O) groups excluding carboxylic acids is 1. The Balaban J connectivity index is 1.44. The van der Waals surface area contributed by atoms with Crippen LogP contribution in [0.15, 0.2) is 24.3 Å². The highest BCUT2D eigenvalue weighted by Crippen LogP contribution is 2.24. The van der Waals surface area contributed by atoms with Crippen molar-refractivity contribution in [1.82, 2.24) is 9.80 Å². The summed E-state index contributed by atoms with van der Waals surface area (Å²) in [5.74, 6) is 1.22. The van der Waals surface area contributed by atoms with Crippen LogP contribution in [-0.2, 0) is 4.79 Å². The fraction of sp³-hybridized carbons (Fsp3) is 0.611. The average molecular weight is 302 g/mol. The number of ether oxygens (including phenoxy) is 1. The van der Waals surface area contributed by atoms with Gasteiger partial charge in [0, 0.05) is 12.5 Å². The monoisotopic (exact) mass is 302 g/mol. The summed E-state index contributed by atoms with van der Waals surface area (Å²) < 4.78 is 5.97. The maximum absolute atomic E-state index is 12.3. The summed E-state index contributed by atoms with van der Waals surface area (Å²) in [6, 6.07) is 8.48. The molecule has 1 atom stereocenters. The minimum absolute atomic E-state index is 0.147. The van der Waals surface area contributed by atoms with Crippen LogP contribution in [0.4, 0.5) is 0 Å². The molecule has 0 bridgehead atoms. The Morgan fingerprint density at radius 1 is 1.27 bits per heavy atom. The van der Waals surface area contributed by atoms with Crippen LogP contribution in [0.3, 0.4) is 0 Å². The number of nitrogens with zero attached hydrogens (tertiary/aromatic N) is 2. The van der Waals surface area contributed by atoms with Gasteiger partial charge in [0.25, 0.3) is 0 Å². The number of para-hydroxylation sites is 1. The molecule has 2 aliphatic heterocycles. The SMILES string of the molecule is Cc1ccccc1OC1CN(C(=O)C[C@H]2CCCCN2C)C1. The molecule has 0 N–H and O–H groups in total. The zero-order valence-electron chi connectivity index (χ0n) is 13.6. The van der Waals surface area contributed by atoms with Crippen molar-refractivity contribution in [2.75, 3.05) is 26.7 Å². The van der Waals surface area contributed by atoms with Crippen LogP contribution in [0.5, 0.6) is 5.75 Å². The Morgan fingerprint density at radius 3 is 2.77 bits per heavy atom. The van der Waals surface area contributed by atoms with E-state index in [1.165, 1.54) is 12.8 Å². The molecule has 1 amide bonds. The third kappa shape index (κ3) is 3.43. The maximum atomic E-state index is 12.3. The number of carbonyl (C=O) groups is 1. The van der Waals surface area contributed by atoms with E-state index in [1.54, 1.807) is 0 Å². The van der Waals surface area contributed by atoms with Crippen molar-refractivity contribution >= 4 is 5.91 Å². The Bertz CT molecular complexity index is 526. The molecule has 0 saturated carbocycles. The Morgan fingerprint density at radius 2 is 2.05 bits per heavy atom. The number of rotatable bonds is 4. The largest absolute Gasteiger partial charge is 0.486 e. The fourth-order valence-electron chi connectivity index (χ4n) is 3.32. The van der Waals surface area contributed by atoms with Gasteiger partial charge in [-0.05, 0) is 45.0 Å². The topological polar surface area (TPSA) is 32.8 Å². The van der Waals surface area contributed by atoms with Gasteiger partial charge in [0.05, 0.1) is 13.1 Å². The fourth-order valence-corrected chi connectivity index (χ4v) is 3.32. The number of piperidine rings is 1. The molecule has 0 unspecified atom stereocenters. The van der Waals surface area contributed by atoms with Crippen molar-refractivity contribution in [3.05, 3.63) is 29.8 Å². The average Bonchev–Trinajstić information content (AvgIpc) is 2.46. The molecule has 2 aliphatic rings. The standard InChI is InChI=1S/C18H26N2O2/c1-14-7-3-4-9-17(14)22-16-12-20(13-16)18(21)11-15-8-5-6-10-19(15)2/h3-4,7,9,15-16H,5-6,8,10-13H2,1-2H3/t15-/m1/s1. The van der Waals surface area contributed by atoms with Crippen molar-refractivity contribution in [2.45, 2.75) is 44.8 Å². The van der Waals surface area contributed by atoms with Gasteiger partial charge in [-0.25, -0.2) is 0 Å². The molecule has 0 aromatic heterocycles. The molecular formula is C18H26N2O2. The number of amides is 1. The molecule has 0 aliphatic carbocycles. The summed E-state index contributed by atoms with van der Waals surface area (Å²) in [5, 5.41) is 0. The lowest BCUT2D eigenvalue weighted by atomic mass is 9.98. The molecule has 2 heterocycles. The lowest BCUT2D eigenvalue weighted by Gasteiger charge is -2.41. The number of likely N-dealkylation sites (tertiary alicyclic amines) is 2. The first-order valence-corrected chi connectivity index (χ1v) is 8.34. The smallest absolute Gasteiger partial charge is 0.224 e. The van der Waals surface area contributed by atoms with Gasteiger partial charge in [-0.3, -0.25) is 4.79 Å². The molecule has 2 saturated heterocycles. The van der Waals surface area contributed by atoms with Crippen LogP contribution in [0.25, 0.3) is 0 Å². The summed E-state index contributed by atoms with van der Waals surface area (Å²) in [6.07, 6.45) is 4.47. The quantitative estimate of drug-likeness (QED) is 0.856.